The van der Waals surface area contributed by atoms with E-state index in [9.17, 15) is 5.11 Å². The Kier molecular flexibility index (Phi) is 11.4. The van der Waals surface area contributed by atoms with Gasteiger partial charge in [-0.1, -0.05) is 78.9 Å². The van der Waals surface area contributed by atoms with Crippen LogP contribution in [0.1, 0.15) is 36.0 Å². The van der Waals surface area contributed by atoms with Gasteiger partial charge in [0.2, 0.25) is 0 Å². The third-order valence-corrected chi connectivity index (χ3v) is 8.53. The predicted molar refractivity (Wildman–Crippen MR) is 167 cm³/mol. The number of methoxy groups -OCH3 is 1. The highest BCUT2D eigenvalue weighted by Gasteiger charge is 2.49. The maximum atomic E-state index is 10.5. The molecule has 0 aromatic heterocycles. The first-order valence-electron chi connectivity index (χ1n) is 15.3. The Bertz CT molecular complexity index is 1230. The molecule has 1 heterocycles. The number of rotatable bonds is 15. The van der Waals surface area contributed by atoms with E-state index in [1.54, 1.807) is 13.2 Å². The van der Waals surface area contributed by atoms with Crippen molar-refractivity contribution in [1.82, 2.24) is 5.32 Å². The van der Waals surface area contributed by atoms with Gasteiger partial charge < -0.3 is 34.1 Å². The van der Waals surface area contributed by atoms with Crippen molar-refractivity contribution in [1.29, 1.82) is 0 Å². The van der Waals surface area contributed by atoms with Gasteiger partial charge in [-0.25, -0.2) is 0 Å². The molecular formula is C36H45NO6. The molecule has 1 saturated carbocycles. The van der Waals surface area contributed by atoms with Crippen LogP contribution in [-0.4, -0.2) is 62.1 Å². The van der Waals surface area contributed by atoms with Crippen molar-refractivity contribution in [3.8, 4) is 5.75 Å². The molecule has 1 saturated heterocycles. The highest BCUT2D eigenvalue weighted by molar-refractivity contribution is 5.28. The lowest BCUT2D eigenvalue weighted by Crippen LogP contribution is -2.55. The first-order valence-corrected chi connectivity index (χ1v) is 15.3. The van der Waals surface area contributed by atoms with Crippen LogP contribution in [-0.2, 0) is 38.6 Å². The molecule has 2 aliphatic rings. The van der Waals surface area contributed by atoms with Crippen molar-refractivity contribution in [3.05, 3.63) is 114 Å². The molecule has 1 aliphatic heterocycles. The maximum Gasteiger partial charge on any atom is 0.169 e. The Morgan fingerprint density at radius 1 is 0.930 bits per heavy atom. The molecule has 3 aromatic rings. The minimum atomic E-state index is -0.683. The largest absolute Gasteiger partial charge is 0.497 e. The summed E-state index contributed by atoms with van der Waals surface area (Å²) in [5, 5.41) is 14.1. The predicted octanol–water partition coefficient (Wildman–Crippen LogP) is 5.46. The van der Waals surface area contributed by atoms with Gasteiger partial charge in [-0.15, -0.1) is 6.58 Å². The van der Waals surface area contributed by atoms with Gasteiger partial charge in [0.1, 0.15) is 5.75 Å². The summed E-state index contributed by atoms with van der Waals surface area (Å²) in [4.78, 5) is 0. The van der Waals surface area contributed by atoms with Crippen molar-refractivity contribution in [2.75, 3.05) is 26.9 Å². The van der Waals surface area contributed by atoms with E-state index in [1.165, 1.54) is 0 Å². The second-order valence-corrected chi connectivity index (χ2v) is 11.5. The van der Waals surface area contributed by atoms with Gasteiger partial charge in [-0.3, -0.25) is 0 Å². The molecule has 5 rings (SSSR count). The number of aliphatic hydroxyl groups is 1. The maximum absolute atomic E-state index is 10.5. The molecule has 0 bridgehead atoms. The molecule has 1 unspecified atom stereocenters. The molecule has 7 heteroatoms. The summed E-state index contributed by atoms with van der Waals surface area (Å²) in [7, 11) is 1.67. The normalized spacial score (nSPS) is 21.7. The topological polar surface area (TPSA) is 78.4 Å². The van der Waals surface area contributed by atoms with Crippen LogP contribution < -0.4 is 10.1 Å². The van der Waals surface area contributed by atoms with Crippen LogP contribution in [0.5, 0.6) is 5.75 Å². The first-order chi connectivity index (χ1) is 21.1. The molecule has 7 nitrogen and oxygen atoms in total. The average molecular weight is 588 g/mol. The molecule has 1 aliphatic carbocycles. The molecule has 0 amide bonds. The quantitative estimate of drug-likeness (QED) is 0.229. The highest BCUT2D eigenvalue weighted by Crippen LogP contribution is 2.43. The number of ether oxygens (including phenoxy) is 5. The van der Waals surface area contributed by atoms with E-state index in [1.807, 2.05) is 48.5 Å². The van der Waals surface area contributed by atoms with Crippen molar-refractivity contribution >= 4 is 0 Å². The summed E-state index contributed by atoms with van der Waals surface area (Å²) in [6.07, 6.45) is 3.46. The minimum Gasteiger partial charge on any atom is -0.497 e. The van der Waals surface area contributed by atoms with Crippen LogP contribution in [0.3, 0.4) is 0 Å². The van der Waals surface area contributed by atoms with E-state index >= 15 is 0 Å². The lowest BCUT2D eigenvalue weighted by atomic mass is 9.76. The van der Waals surface area contributed by atoms with E-state index in [0.717, 1.165) is 35.3 Å². The average Bonchev–Trinajstić information content (AvgIpc) is 3.51. The molecule has 5 atom stereocenters. The number of aliphatic hydroxyl groups excluding tert-OH is 1. The molecular weight excluding hydrogens is 542 g/mol. The lowest BCUT2D eigenvalue weighted by Gasteiger charge is -2.46. The second-order valence-electron chi connectivity index (χ2n) is 11.5. The van der Waals surface area contributed by atoms with Crippen LogP contribution >= 0.6 is 0 Å². The third-order valence-electron chi connectivity index (χ3n) is 8.53. The fraction of sp³-hybridized carbons (Fsp3) is 0.444. The summed E-state index contributed by atoms with van der Waals surface area (Å²) < 4.78 is 31.5. The Morgan fingerprint density at radius 3 is 2.21 bits per heavy atom. The first kappa shape index (κ1) is 31.4. The summed E-state index contributed by atoms with van der Waals surface area (Å²) >= 11 is 0. The Morgan fingerprint density at radius 2 is 1.58 bits per heavy atom. The molecule has 230 valence electrons. The molecule has 3 aromatic carbocycles. The van der Waals surface area contributed by atoms with Gasteiger partial charge in [-0.2, -0.15) is 0 Å². The fourth-order valence-electron chi connectivity index (χ4n) is 6.22. The molecule has 2 fully saturated rings. The Labute approximate surface area is 255 Å². The summed E-state index contributed by atoms with van der Waals surface area (Å²) in [5.74, 6) is 0.152. The zero-order valence-electron chi connectivity index (χ0n) is 25.1. The van der Waals surface area contributed by atoms with Crippen molar-refractivity contribution in [2.45, 2.75) is 69.0 Å². The van der Waals surface area contributed by atoms with Crippen LogP contribution in [0, 0.1) is 5.92 Å². The fourth-order valence-corrected chi connectivity index (χ4v) is 6.22. The van der Waals surface area contributed by atoms with Crippen LogP contribution in [0.2, 0.25) is 0 Å². The van der Waals surface area contributed by atoms with E-state index in [-0.39, 0.29) is 24.2 Å². The lowest BCUT2D eigenvalue weighted by molar-refractivity contribution is -0.226. The monoisotopic (exact) mass is 587 g/mol. The number of hydrogen-bond donors (Lipinski definition) is 2. The second kappa shape index (κ2) is 15.6. The smallest absolute Gasteiger partial charge is 0.169 e. The van der Waals surface area contributed by atoms with Gasteiger partial charge in [0.25, 0.3) is 0 Å². The van der Waals surface area contributed by atoms with Gasteiger partial charge in [0, 0.05) is 31.3 Å². The van der Waals surface area contributed by atoms with Crippen molar-refractivity contribution in [2.24, 2.45) is 5.92 Å². The van der Waals surface area contributed by atoms with E-state index in [2.05, 4.69) is 48.3 Å². The Balaban J connectivity index is 1.47. The van der Waals surface area contributed by atoms with Crippen molar-refractivity contribution < 1.29 is 28.8 Å². The van der Waals surface area contributed by atoms with Crippen molar-refractivity contribution in [3.63, 3.8) is 0 Å². The SMILES string of the molecule is C=CC(O)CN[C@@H](Cc1ccc(OC)cc1)[C@@H](OCc1ccccc1)[C@H]1CC2(CC[C@@H]1OCc1ccccc1)OCCO2. The summed E-state index contributed by atoms with van der Waals surface area (Å²) in [6, 6.07) is 28.5. The van der Waals surface area contributed by atoms with Gasteiger partial charge in [0.05, 0.1) is 51.8 Å². The minimum absolute atomic E-state index is 0.0316. The van der Waals surface area contributed by atoms with Crippen LogP contribution in [0.25, 0.3) is 0 Å². The third kappa shape index (κ3) is 8.76. The molecule has 43 heavy (non-hydrogen) atoms. The van der Waals surface area contributed by atoms with Gasteiger partial charge in [-0.05, 0) is 41.7 Å². The summed E-state index contributed by atoms with van der Waals surface area (Å²) in [5.41, 5.74) is 3.38. The zero-order chi connectivity index (χ0) is 29.9. The number of nitrogens with one attached hydrogen (secondary N) is 1. The summed E-state index contributed by atoms with van der Waals surface area (Å²) in [6.45, 7) is 6.30. The number of benzene rings is 3. The zero-order valence-corrected chi connectivity index (χ0v) is 25.1. The van der Waals surface area contributed by atoms with E-state index in [4.69, 9.17) is 23.7 Å². The number of hydrogen-bond acceptors (Lipinski definition) is 7. The molecule has 1 spiro atoms. The van der Waals surface area contributed by atoms with E-state index < -0.39 is 11.9 Å². The standard InChI is InChI=1S/C36H45NO6/c1-3-30(38)24-37-33(22-27-14-16-31(39-2)17-15-27)35(41-26-29-12-8-5-9-13-29)32-23-36(42-20-21-43-36)19-18-34(32)40-25-28-10-6-4-7-11-28/h3-17,30,32-35,37-38H,1,18-26H2,2H3/t30?,32-,33-,34-,35-/m0/s1. The molecule has 0 radical (unpaired) electrons. The highest BCUT2D eigenvalue weighted by atomic mass is 16.7. The molecule has 2 N–H and O–H groups in total. The van der Waals surface area contributed by atoms with Gasteiger partial charge >= 0.3 is 0 Å². The van der Waals surface area contributed by atoms with Gasteiger partial charge in [0.15, 0.2) is 5.79 Å². The van der Waals surface area contributed by atoms with Crippen LogP contribution in [0.15, 0.2) is 97.6 Å². The van der Waals surface area contributed by atoms with Crippen LogP contribution in [0.4, 0.5) is 0 Å². The van der Waals surface area contributed by atoms with E-state index in [0.29, 0.717) is 45.8 Å². The Hall–Kier alpha value is -3.04.